The van der Waals surface area contributed by atoms with E-state index in [9.17, 15) is 4.79 Å². The number of hydrogen-bond donors (Lipinski definition) is 2. The van der Waals surface area contributed by atoms with Gasteiger partial charge in [0.2, 0.25) is 0 Å². The highest BCUT2D eigenvalue weighted by atomic mass is 16.1. The number of nitrogens with zero attached hydrogens (tertiary/aromatic N) is 3. The molecule has 0 fully saturated rings. The molecule has 0 atom stereocenters. The average molecular weight is 355 g/mol. The minimum Gasteiger partial charge on any atom is -0.380 e. The lowest BCUT2D eigenvalue weighted by atomic mass is 10.2. The summed E-state index contributed by atoms with van der Waals surface area (Å²) in [5, 5.41) is 7.11. The molecule has 0 bridgehead atoms. The summed E-state index contributed by atoms with van der Waals surface area (Å²) in [7, 11) is 0. The van der Waals surface area contributed by atoms with Crippen LogP contribution in [0.15, 0.2) is 79.4 Å². The van der Waals surface area contributed by atoms with Gasteiger partial charge in [-0.2, -0.15) is 0 Å². The molecule has 0 aliphatic heterocycles. The molecule has 0 radical (unpaired) electrons. The van der Waals surface area contributed by atoms with Gasteiger partial charge in [-0.15, -0.1) is 0 Å². The fraction of sp³-hybridized carbons (Fsp3) is 0.0476. The maximum atomic E-state index is 12.5. The Labute approximate surface area is 156 Å². The summed E-state index contributed by atoms with van der Waals surface area (Å²) < 4.78 is 0. The van der Waals surface area contributed by atoms with Crippen LogP contribution >= 0.6 is 0 Å². The average Bonchev–Trinajstić information content (AvgIpc) is 2.74. The van der Waals surface area contributed by atoms with Crippen LogP contribution < -0.4 is 10.6 Å². The fourth-order valence-electron chi connectivity index (χ4n) is 2.73. The molecule has 0 unspecified atom stereocenters. The Balaban J connectivity index is 1.44. The molecule has 0 saturated carbocycles. The van der Waals surface area contributed by atoms with Crippen molar-refractivity contribution in [1.82, 2.24) is 15.0 Å². The SMILES string of the molecule is O=C(Nc1cccc2cccnc12)c1ccc(NCc2cccnc2)cn1. The van der Waals surface area contributed by atoms with E-state index in [2.05, 4.69) is 25.6 Å². The number of aromatic nitrogens is 3. The second kappa shape index (κ2) is 7.61. The van der Waals surface area contributed by atoms with Crippen LogP contribution in [0.1, 0.15) is 16.1 Å². The molecule has 0 spiro atoms. The normalized spacial score (nSPS) is 10.5. The standard InChI is InChI=1S/C21H17N5O/c27-21(26-18-7-1-5-16-6-3-11-23-20(16)18)19-9-8-17(14-25-19)24-13-15-4-2-10-22-12-15/h1-12,14,24H,13H2,(H,26,27). The largest absolute Gasteiger partial charge is 0.380 e. The monoisotopic (exact) mass is 355 g/mol. The topological polar surface area (TPSA) is 79.8 Å². The predicted molar refractivity (Wildman–Crippen MR) is 105 cm³/mol. The Kier molecular flexibility index (Phi) is 4.70. The van der Waals surface area contributed by atoms with Crippen LogP contribution in [0.3, 0.4) is 0 Å². The van der Waals surface area contributed by atoms with E-state index in [1.54, 1.807) is 30.9 Å². The number of para-hydroxylation sites is 1. The summed E-state index contributed by atoms with van der Waals surface area (Å²) in [4.78, 5) is 25.2. The van der Waals surface area contributed by atoms with Gasteiger partial charge in [0.15, 0.2) is 0 Å². The summed E-state index contributed by atoms with van der Waals surface area (Å²) in [5.41, 5.74) is 3.67. The molecule has 0 aliphatic rings. The van der Waals surface area contributed by atoms with Crippen LogP contribution in [0.25, 0.3) is 10.9 Å². The summed E-state index contributed by atoms with van der Waals surface area (Å²) >= 11 is 0. The number of amides is 1. The first-order chi connectivity index (χ1) is 13.3. The van der Waals surface area contributed by atoms with Gasteiger partial charge in [0.1, 0.15) is 5.69 Å². The maximum absolute atomic E-state index is 12.5. The number of anilines is 2. The maximum Gasteiger partial charge on any atom is 0.274 e. The number of nitrogens with one attached hydrogen (secondary N) is 2. The Morgan fingerprint density at radius 1 is 0.889 bits per heavy atom. The highest BCUT2D eigenvalue weighted by Crippen LogP contribution is 2.21. The summed E-state index contributed by atoms with van der Waals surface area (Å²) in [5.74, 6) is -0.271. The van der Waals surface area contributed by atoms with Crippen molar-refractivity contribution in [2.45, 2.75) is 6.54 Å². The van der Waals surface area contributed by atoms with E-state index in [-0.39, 0.29) is 5.91 Å². The van der Waals surface area contributed by atoms with Gasteiger partial charge in [-0.25, -0.2) is 4.98 Å². The van der Waals surface area contributed by atoms with Crippen molar-refractivity contribution in [2.75, 3.05) is 10.6 Å². The van der Waals surface area contributed by atoms with Crippen molar-refractivity contribution in [3.63, 3.8) is 0 Å². The van der Waals surface area contributed by atoms with Gasteiger partial charge in [-0.1, -0.05) is 24.3 Å². The molecule has 0 saturated heterocycles. The first-order valence-electron chi connectivity index (χ1n) is 8.53. The number of benzene rings is 1. The van der Waals surface area contributed by atoms with Crippen molar-refractivity contribution in [2.24, 2.45) is 0 Å². The van der Waals surface area contributed by atoms with Crippen molar-refractivity contribution in [1.29, 1.82) is 0 Å². The zero-order valence-corrected chi connectivity index (χ0v) is 14.5. The number of rotatable bonds is 5. The summed E-state index contributed by atoms with van der Waals surface area (Å²) in [6, 6.07) is 16.9. The lowest BCUT2D eigenvalue weighted by molar-refractivity contribution is 0.102. The van der Waals surface area contributed by atoms with Crippen molar-refractivity contribution in [3.05, 3.63) is 90.6 Å². The molecule has 4 aromatic rings. The Bertz CT molecular complexity index is 1060. The quantitative estimate of drug-likeness (QED) is 0.568. The summed E-state index contributed by atoms with van der Waals surface area (Å²) in [6.45, 7) is 0.642. The van der Waals surface area contributed by atoms with Gasteiger partial charge >= 0.3 is 0 Å². The number of carbonyl (C=O) groups is 1. The summed E-state index contributed by atoms with van der Waals surface area (Å²) in [6.07, 6.45) is 6.90. The van der Waals surface area contributed by atoms with Crippen LogP contribution in [0.5, 0.6) is 0 Å². The number of pyridine rings is 3. The lowest BCUT2D eigenvalue weighted by Crippen LogP contribution is -2.14. The second-order valence-electron chi connectivity index (χ2n) is 5.98. The van der Waals surface area contributed by atoms with Crippen molar-refractivity contribution in [3.8, 4) is 0 Å². The molecule has 3 aromatic heterocycles. The molecule has 27 heavy (non-hydrogen) atoms. The molecule has 6 heteroatoms. The minimum atomic E-state index is -0.271. The Morgan fingerprint density at radius 3 is 2.59 bits per heavy atom. The van der Waals surface area contributed by atoms with Crippen LogP contribution in [-0.2, 0) is 6.54 Å². The number of hydrogen-bond acceptors (Lipinski definition) is 5. The fourth-order valence-corrected chi connectivity index (χ4v) is 2.73. The predicted octanol–water partition coefficient (Wildman–Crippen LogP) is 3.89. The van der Waals surface area contributed by atoms with Gasteiger partial charge < -0.3 is 10.6 Å². The zero-order valence-electron chi connectivity index (χ0n) is 14.5. The Morgan fingerprint density at radius 2 is 1.78 bits per heavy atom. The third-order valence-electron chi connectivity index (χ3n) is 4.10. The molecular formula is C21H17N5O. The molecule has 6 nitrogen and oxygen atoms in total. The molecule has 0 aliphatic carbocycles. The second-order valence-corrected chi connectivity index (χ2v) is 5.98. The molecule has 1 amide bonds. The number of fused-ring (bicyclic) bond motifs is 1. The van der Waals surface area contributed by atoms with Gasteiger partial charge in [0.25, 0.3) is 5.91 Å². The minimum absolute atomic E-state index is 0.271. The van der Waals surface area contributed by atoms with Gasteiger partial charge in [0.05, 0.1) is 23.1 Å². The van der Waals surface area contributed by atoms with Gasteiger partial charge in [-0.3, -0.25) is 14.8 Å². The van der Waals surface area contributed by atoms with Crippen LogP contribution in [0.2, 0.25) is 0 Å². The van der Waals surface area contributed by atoms with E-state index in [0.29, 0.717) is 17.9 Å². The molecule has 4 rings (SSSR count). The highest BCUT2D eigenvalue weighted by molar-refractivity contribution is 6.07. The molecule has 2 N–H and O–H groups in total. The van der Waals surface area contributed by atoms with Gasteiger partial charge in [0, 0.05) is 30.5 Å². The third kappa shape index (κ3) is 3.90. The first-order valence-corrected chi connectivity index (χ1v) is 8.53. The van der Waals surface area contributed by atoms with Gasteiger partial charge in [-0.05, 0) is 35.9 Å². The van der Waals surface area contributed by atoms with Crippen molar-refractivity contribution < 1.29 is 4.79 Å². The molecule has 132 valence electrons. The molecule has 1 aromatic carbocycles. The van der Waals surface area contributed by atoms with E-state index < -0.39 is 0 Å². The van der Waals surface area contributed by atoms with E-state index >= 15 is 0 Å². The van der Waals surface area contributed by atoms with E-state index in [4.69, 9.17) is 0 Å². The van der Waals surface area contributed by atoms with Crippen LogP contribution in [0.4, 0.5) is 11.4 Å². The van der Waals surface area contributed by atoms with Crippen LogP contribution in [0, 0.1) is 0 Å². The molecule has 3 heterocycles. The van der Waals surface area contributed by atoms with Crippen LogP contribution in [-0.4, -0.2) is 20.9 Å². The zero-order chi connectivity index (χ0) is 18.5. The van der Waals surface area contributed by atoms with E-state index in [1.807, 2.05) is 48.5 Å². The smallest absolute Gasteiger partial charge is 0.274 e. The first kappa shape index (κ1) is 16.7. The van der Waals surface area contributed by atoms with E-state index in [0.717, 1.165) is 22.2 Å². The highest BCUT2D eigenvalue weighted by Gasteiger charge is 2.10. The Hall–Kier alpha value is -3.80. The lowest BCUT2D eigenvalue weighted by Gasteiger charge is -2.09. The third-order valence-corrected chi connectivity index (χ3v) is 4.10. The van der Waals surface area contributed by atoms with E-state index in [1.165, 1.54) is 0 Å². The van der Waals surface area contributed by atoms with Crippen molar-refractivity contribution >= 4 is 28.2 Å². The molecular weight excluding hydrogens is 338 g/mol. The number of carbonyl (C=O) groups excluding carboxylic acids is 1.